The molecule has 42 heavy (non-hydrogen) atoms. The van der Waals surface area contributed by atoms with Crippen LogP contribution in [0.1, 0.15) is 67.7 Å². The van der Waals surface area contributed by atoms with Gasteiger partial charge in [-0.3, -0.25) is 9.69 Å². The van der Waals surface area contributed by atoms with E-state index in [1.54, 1.807) is 33.1 Å². The Hall–Kier alpha value is -2.46. The van der Waals surface area contributed by atoms with Gasteiger partial charge in [0.05, 0.1) is 18.1 Å². The molecule has 1 N–H and O–H groups in total. The minimum absolute atomic E-state index is 0.0421. The lowest BCUT2D eigenvalue weighted by Crippen LogP contribution is -2.37. The maximum atomic E-state index is 13.4. The number of amides is 1. The number of carbonyl (C=O) groups excluding carboxylic acids is 1. The number of aryl methyl sites for hydroxylation is 2. The zero-order valence-corrected chi connectivity index (χ0v) is 26.2. The number of hydrogen-bond acceptors (Lipinski definition) is 6. The van der Waals surface area contributed by atoms with Gasteiger partial charge in [0.1, 0.15) is 12.4 Å². The van der Waals surface area contributed by atoms with E-state index in [0.717, 1.165) is 12.8 Å². The molecule has 3 fully saturated rings. The Balaban J connectivity index is 1.05. The van der Waals surface area contributed by atoms with E-state index in [1.165, 1.54) is 48.6 Å². The van der Waals surface area contributed by atoms with Crippen molar-refractivity contribution in [2.24, 2.45) is 11.8 Å². The standard InChI is InChI=1S/C33H47N3O5S/c1-24-19-30(40-3)20-25(2)33(24)42(38,39)36-18-15-29(22-36)41-23-31(37)34-21-26-11-13-28(14-12-26)32(35-16-7-8-17-35)27-9-5-4-6-10-27/h4-6,9-10,19-20,26,28-29,32H,7-8,11-18,21-23H2,1-3H3,(H,34,37). The first kappa shape index (κ1) is 31.0. The van der Waals surface area contributed by atoms with E-state index in [4.69, 9.17) is 9.47 Å². The summed E-state index contributed by atoms with van der Waals surface area (Å²) in [4.78, 5) is 15.7. The van der Waals surface area contributed by atoms with Crippen molar-refractivity contribution < 1.29 is 22.7 Å². The monoisotopic (exact) mass is 597 g/mol. The number of likely N-dealkylation sites (tertiary alicyclic amines) is 1. The highest BCUT2D eigenvalue weighted by Gasteiger charge is 2.36. The van der Waals surface area contributed by atoms with Crippen LogP contribution >= 0.6 is 0 Å². The van der Waals surface area contributed by atoms with Gasteiger partial charge in [-0.1, -0.05) is 30.3 Å². The number of methoxy groups -OCH3 is 1. The Labute approximate surface area is 251 Å². The average Bonchev–Trinajstić information content (AvgIpc) is 3.69. The molecule has 0 spiro atoms. The normalized spacial score (nSPS) is 24.5. The van der Waals surface area contributed by atoms with Crippen LogP contribution in [0.3, 0.4) is 0 Å². The van der Waals surface area contributed by atoms with Crippen molar-refractivity contribution in [2.75, 3.05) is 46.4 Å². The lowest BCUT2D eigenvalue weighted by Gasteiger charge is -2.39. The molecule has 8 nitrogen and oxygen atoms in total. The molecule has 230 valence electrons. The number of hydrogen-bond donors (Lipinski definition) is 1. The van der Waals surface area contributed by atoms with Crippen LogP contribution in [0, 0.1) is 25.7 Å². The van der Waals surface area contributed by atoms with Crippen LogP contribution in [0.5, 0.6) is 5.75 Å². The van der Waals surface area contributed by atoms with Gasteiger partial charge < -0.3 is 14.8 Å². The topological polar surface area (TPSA) is 88.2 Å². The molecule has 1 amide bonds. The van der Waals surface area contributed by atoms with Crippen LogP contribution in [-0.2, 0) is 19.6 Å². The van der Waals surface area contributed by atoms with Crippen LogP contribution in [0.4, 0.5) is 0 Å². The van der Waals surface area contributed by atoms with Gasteiger partial charge in [-0.2, -0.15) is 4.31 Å². The predicted molar refractivity (Wildman–Crippen MR) is 164 cm³/mol. The smallest absolute Gasteiger partial charge is 0.246 e. The van der Waals surface area contributed by atoms with Crippen molar-refractivity contribution in [1.29, 1.82) is 0 Å². The number of carbonyl (C=O) groups is 1. The quantitative estimate of drug-likeness (QED) is 0.399. The van der Waals surface area contributed by atoms with Gasteiger partial charge >= 0.3 is 0 Å². The molecule has 5 rings (SSSR count). The largest absolute Gasteiger partial charge is 0.497 e. The van der Waals surface area contributed by atoms with Crippen molar-refractivity contribution >= 4 is 15.9 Å². The Bertz CT molecular complexity index is 1280. The highest BCUT2D eigenvalue weighted by Crippen LogP contribution is 2.41. The molecule has 2 aromatic rings. The molecule has 2 atom stereocenters. The van der Waals surface area contributed by atoms with E-state index in [0.29, 0.717) is 59.2 Å². The average molecular weight is 598 g/mol. The molecule has 1 aliphatic carbocycles. The molecule has 0 radical (unpaired) electrons. The van der Waals surface area contributed by atoms with Crippen molar-refractivity contribution in [3.8, 4) is 5.75 Å². The number of benzene rings is 2. The predicted octanol–water partition coefficient (Wildman–Crippen LogP) is 4.85. The van der Waals surface area contributed by atoms with Gasteiger partial charge in [0.15, 0.2) is 0 Å². The zero-order chi connectivity index (χ0) is 29.7. The molecular formula is C33H47N3O5S. The number of ether oxygens (including phenoxy) is 2. The summed E-state index contributed by atoms with van der Waals surface area (Å²) >= 11 is 0. The van der Waals surface area contributed by atoms with Crippen LogP contribution in [0.15, 0.2) is 47.4 Å². The number of nitrogens with one attached hydrogen (secondary N) is 1. The van der Waals surface area contributed by atoms with Gasteiger partial charge in [-0.05, 0) is 113 Å². The van der Waals surface area contributed by atoms with E-state index in [9.17, 15) is 13.2 Å². The Morgan fingerprint density at radius 2 is 1.64 bits per heavy atom. The van der Waals surface area contributed by atoms with E-state index < -0.39 is 10.0 Å². The number of sulfonamides is 1. The van der Waals surface area contributed by atoms with Gasteiger partial charge in [-0.15, -0.1) is 0 Å². The maximum Gasteiger partial charge on any atom is 0.246 e. The molecule has 2 unspecified atom stereocenters. The molecular weight excluding hydrogens is 550 g/mol. The third-order valence-electron chi connectivity index (χ3n) is 9.43. The summed E-state index contributed by atoms with van der Waals surface area (Å²) in [6.07, 6.45) is 7.50. The number of nitrogens with zero attached hydrogens (tertiary/aromatic N) is 2. The summed E-state index contributed by atoms with van der Waals surface area (Å²) in [5.41, 5.74) is 2.77. The summed E-state index contributed by atoms with van der Waals surface area (Å²) in [7, 11) is -2.09. The second-order valence-corrected chi connectivity index (χ2v) is 14.2. The molecule has 0 aromatic heterocycles. The fourth-order valence-corrected chi connectivity index (χ4v) is 9.18. The Kier molecular flexibility index (Phi) is 10.2. The van der Waals surface area contributed by atoms with Gasteiger partial charge in [-0.25, -0.2) is 8.42 Å². The van der Waals surface area contributed by atoms with Gasteiger partial charge in [0.2, 0.25) is 15.9 Å². The highest BCUT2D eigenvalue weighted by molar-refractivity contribution is 7.89. The van der Waals surface area contributed by atoms with Crippen molar-refractivity contribution in [1.82, 2.24) is 14.5 Å². The zero-order valence-electron chi connectivity index (χ0n) is 25.4. The molecule has 3 aliphatic rings. The van der Waals surface area contributed by atoms with Crippen LogP contribution < -0.4 is 10.1 Å². The van der Waals surface area contributed by atoms with E-state index in [-0.39, 0.29) is 25.2 Å². The fourth-order valence-electron chi connectivity index (χ4n) is 7.28. The molecule has 2 heterocycles. The third kappa shape index (κ3) is 7.18. The molecule has 9 heteroatoms. The molecule has 2 aliphatic heterocycles. The van der Waals surface area contributed by atoms with Crippen LogP contribution in [-0.4, -0.2) is 76.1 Å². The summed E-state index contributed by atoms with van der Waals surface area (Å²) in [6.45, 7) is 7.24. The fraction of sp³-hybridized carbons (Fsp3) is 0.606. The Morgan fingerprint density at radius 3 is 2.29 bits per heavy atom. The van der Waals surface area contributed by atoms with Gasteiger partial charge in [0, 0.05) is 25.7 Å². The summed E-state index contributed by atoms with van der Waals surface area (Å²) in [6, 6.07) is 15.0. The van der Waals surface area contributed by atoms with Crippen molar-refractivity contribution in [2.45, 2.75) is 75.8 Å². The number of rotatable bonds is 11. The molecule has 2 saturated heterocycles. The second-order valence-electron chi connectivity index (χ2n) is 12.4. The minimum Gasteiger partial charge on any atom is -0.497 e. The molecule has 1 saturated carbocycles. The lowest BCUT2D eigenvalue weighted by molar-refractivity contribution is -0.127. The first-order valence-corrected chi connectivity index (χ1v) is 17.0. The van der Waals surface area contributed by atoms with Crippen LogP contribution in [0.2, 0.25) is 0 Å². The Morgan fingerprint density at radius 1 is 0.976 bits per heavy atom. The second kappa shape index (κ2) is 13.9. The SMILES string of the molecule is COc1cc(C)c(S(=O)(=O)N2CCC(OCC(=O)NCC3CCC(C(c4ccccc4)N4CCCC4)CC3)C2)c(C)c1. The molecule has 0 bridgehead atoms. The summed E-state index contributed by atoms with van der Waals surface area (Å²) < 4.78 is 39.4. The maximum absolute atomic E-state index is 13.4. The van der Waals surface area contributed by atoms with E-state index in [2.05, 4.69) is 40.5 Å². The summed E-state index contributed by atoms with van der Waals surface area (Å²) in [5, 5.41) is 3.08. The van der Waals surface area contributed by atoms with E-state index >= 15 is 0 Å². The van der Waals surface area contributed by atoms with E-state index in [1.807, 2.05) is 0 Å². The first-order chi connectivity index (χ1) is 20.3. The lowest BCUT2D eigenvalue weighted by atomic mass is 9.76. The highest BCUT2D eigenvalue weighted by atomic mass is 32.2. The first-order valence-electron chi connectivity index (χ1n) is 15.6. The molecule has 2 aromatic carbocycles. The third-order valence-corrected chi connectivity index (χ3v) is 11.6. The van der Waals surface area contributed by atoms with Gasteiger partial charge in [0.25, 0.3) is 0 Å². The van der Waals surface area contributed by atoms with Crippen molar-refractivity contribution in [3.63, 3.8) is 0 Å². The minimum atomic E-state index is -3.66. The van der Waals surface area contributed by atoms with Crippen LogP contribution in [0.25, 0.3) is 0 Å². The van der Waals surface area contributed by atoms with Crippen molar-refractivity contribution in [3.05, 3.63) is 59.2 Å². The summed E-state index contributed by atoms with van der Waals surface area (Å²) in [5.74, 6) is 1.67.